The van der Waals surface area contributed by atoms with Crippen molar-refractivity contribution in [3.05, 3.63) is 63.9 Å². The van der Waals surface area contributed by atoms with Gasteiger partial charge in [-0.25, -0.2) is 4.39 Å². The molecule has 7 heteroatoms. The monoisotopic (exact) mass is 391 g/mol. The Bertz CT molecular complexity index is 882. The Labute approximate surface area is 161 Å². The fourth-order valence-corrected chi connectivity index (χ4v) is 2.44. The third kappa shape index (κ3) is 6.18. The van der Waals surface area contributed by atoms with Gasteiger partial charge >= 0.3 is 5.97 Å². The molecule has 0 aliphatic carbocycles. The summed E-state index contributed by atoms with van der Waals surface area (Å²) < 4.78 is 18.4. The van der Waals surface area contributed by atoms with Crippen molar-refractivity contribution in [1.82, 2.24) is 0 Å². The lowest BCUT2D eigenvalue weighted by atomic mass is 10.0. The standard InChI is InChI=1S/C20H19ClFNO4/c1-12-3-4-14(9-13(12)2)18(24)7-8-20(26)27-11-19(25)23-17-10-15(21)5-6-16(17)22/h3-6,9-10H,7-8,11H2,1-2H3,(H,23,25). The van der Waals surface area contributed by atoms with E-state index in [1.807, 2.05) is 19.9 Å². The van der Waals surface area contributed by atoms with Gasteiger partial charge < -0.3 is 10.1 Å². The molecule has 0 bridgehead atoms. The Hall–Kier alpha value is -2.73. The summed E-state index contributed by atoms with van der Waals surface area (Å²) in [6.45, 7) is 3.27. The van der Waals surface area contributed by atoms with Crippen LogP contribution in [-0.4, -0.2) is 24.3 Å². The quantitative estimate of drug-likeness (QED) is 0.566. The zero-order chi connectivity index (χ0) is 20.0. The average molecular weight is 392 g/mol. The molecule has 0 heterocycles. The van der Waals surface area contributed by atoms with E-state index in [9.17, 15) is 18.8 Å². The number of rotatable bonds is 7. The Morgan fingerprint density at radius 3 is 2.48 bits per heavy atom. The molecule has 2 aromatic carbocycles. The number of ether oxygens (including phenoxy) is 1. The second kappa shape index (κ2) is 9.28. The highest BCUT2D eigenvalue weighted by molar-refractivity contribution is 6.30. The van der Waals surface area contributed by atoms with E-state index < -0.39 is 24.3 Å². The number of amides is 1. The van der Waals surface area contributed by atoms with Gasteiger partial charge in [-0.2, -0.15) is 0 Å². The summed E-state index contributed by atoms with van der Waals surface area (Å²) in [4.78, 5) is 35.6. The van der Waals surface area contributed by atoms with Crippen molar-refractivity contribution in [2.24, 2.45) is 0 Å². The molecule has 0 saturated carbocycles. The van der Waals surface area contributed by atoms with E-state index in [1.165, 1.54) is 12.1 Å². The van der Waals surface area contributed by atoms with Crippen molar-refractivity contribution in [3.63, 3.8) is 0 Å². The number of nitrogens with one attached hydrogen (secondary N) is 1. The van der Waals surface area contributed by atoms with Crippen molar-refractivity contribution in [2.45, 2.75) is 26.7 Å². The molecule has 0 aliphatic rings. The van der Waals surface area contributed by atoms with Gasteiger partial charge in [0.2, 0.25) is 0 Å². The summed E-state index contributed by atoms with van der Waals surface area (Å²) in [5.41, 5.74) is 2.50. The number of Topliss-reactive ketones (excluding diaryl/α,β-unsaturated/α-hetero) is 1. The maximum absolute atomic E-state index is 13.5. The SMILES string of the molecule is Cc1ccc(C(=O)CCC(=O)OCC(=O)Nc2cc(Cl)ccc2F)cc1C. The number of ketones is 1. The predicted molar refractivity (Wildman–Crippen MR) is 100 cm³/mol. The lowest BCUT2D eigenvalue weighted by Gasteiger charge is -2.08. The second-order valence-corrected chi connectivity index (χ2v) is 6.49. The number of anilines is 1. The molecule has 0 fully saturated rings. The van der Waals surface area contributed by atoms with Crippen LogP contribution in [0.2, 0.25) is 5.02 Å². The highest BCUT2D eigenvalue weighted by Gasteiger charge is 2.13. The van der Waals surface area contributed by atoms with E-state index in [2.05, 4.69) is 5.32 Å². The first kappa shape index (κ1) is 20.6. The van der Waals surface area contributed by atoms with Crippen molar-refractivity contribution in [3.8, 4) is 0 Å². The van der Waals surface area contributed by atoms with Gasteiger partial charge in [0.1, 0.15) is 5.82 Å². The van der Waals surface area contributed by atoms with E-state index in [4.69, 9.17) is 16.3 Å². The maximum atomic E-state index is 13.5. The molecule has 5 nitrogen and oxygen atoms in total. The summed E-state index contributed by atoms with van der Waals surface area (Å²) in [7, 11) is 0. The molecule has 2 rings (SSSR count). The van der Waals surface area contributed by atoms with Crippen molar-refractivity contribution < 1.29 is 23.5 Å². The molecular formula is C20H19ClFNO4. The van der Waals surface area contributed by atoms with Gasteiger partial charge in [0.25, 0.3) is 5.91 Å². The van der Waals surface area contributed by atoms with E-state index in [0.29, 0.717) is 5.56 Å². The number of halogens is 2. The minimum atomic E-state index is -0.704. The third-order valence-electron chi connectivity index (χ3n) is 3.95. The fourth-order valence-electron chi connectivity index (χ4n) is 2.27. The van der Waals surface area contributed by atoms with E-state index in [-0.39, 0.29) is 29.3 Å². The van der Waals surface area contributed by atoms with Gasteiger partial charge in [-0.05, 0) is 49.2 Å². The highest BCUT2D eigenvalue weighted by Crippen LogP contribution is 2.19. The normalized spacial score (nSPS) is 10.4. The molecule has 1 amide bonds. The van der Waals surface area contributed by atoms with Gasteiger partial charge in [-0.3, -0.25) is 14.4 Å². The fraction of sp³-hybridized carbons (Fsp3) is 0.250. The summed E-state index contributed by atoms with van der Waals surface area (Å²) in [6, 6.07) is 9.04. The predicted octanol–water partition coefficient (Wildman–Crippen LogP) is 4.24. The minimum absolute atomic E-state index is 0.0219. The van der Waals surface area contributed by atoms with Crippen LogP contribution in [0, 0.1) is 19.7 Å². The molecule has 0 unspecified atom stereocenters. The second-order valence-electron chi connectivity index (χ2n) is 6.06. The number of aryl methyl sites for hydroxylation is 2. The molecule has 0 radical (unpaired) electrons. The number of carbonyl (C=O) groups excluding carboxylic acids is 3. The van der Waals surface area contributed by atoms with Crippen molar-refractivity contribution in [2.75, 3.05) is 11.9 Å². The molecule has 2 aromatic rings. The molecule has 0 aromatic heterocycles. The zero-order valence-electron chi connectivity index (χ0n) is 15.0. The van der Waals surface area contributed by atoms with Gasteiger partial charge in [0, 0.05) is 17.0 Å². The van der Waals surface area contributed by atoms with Gasteiger partial charge in [0.05, 0.1) is 12.1 Å². The molecule has 0 spiro atoms. The Morgan fingerprint density at radius 1 is 1.04 bits per heavy atom. The first-order valence-electron chi connectivity index (χ1n) is 8.27. The summed E-state index contributed by atoms with van der Waals surface area (Å²) in [6.07, 6.45) is -0.170. The van der Waals surface area contributed by atoms with Crippen LogP contribution in [-0.2, 0) is 14.3 Å². The minimum Gasteiger partial charge on any atom is -0.456 e. The Morgan fingerprint density at radius 2 is 1.78 bits per heavy atom. The van der Waals surface area contributed by atoms with Crippen LogP contribution >= 0.6 is 11.6 Å². The smallest absolute Gasteiger partial charge is 0.306 e. The van der Waals surface area contributed by atoms with Crippen LogP contribution in [0.3, 0.4) is 0 Å². The van der Waals surface area contributed by atoms with Crippen LogP contribution in [0.15, 0.2) is 36.4 Å². The van der Waals surface area contributed by atoms with Gasteiger partial charge in [0.15, 0.2) is 12.4 Å². The molecule has 27 heavy (non-hydrogen) atoms. The van der Waals surface area contributed by atoms with Crippen molar-refractivity contribution >= 4 is 34.9 Å². The van der Waals surface area contributed by atoms with Crippen LogP contribution in [0.5, 0.6) is 0 Å². The lowest BCUT2D eigenvalue weighted by Crippen LogP contribution is -2.21. The van der Waals surface area contributed by atoms with Crippen LogP contribution in [0.25, 0.3) is 0 Å². The van der Waals surface area contributed by atoms with Crippen LogP contribution in [0.4, 0.5) is 10.1 Å². The van der Waals surface area contributed by atoms with E-state index >= 15 is 0 Å². The van der Waals surface area contributed by atoms with Crippen molar-refractivity contribution in [1.29, 1.82) is 0 Å². The van der Waals surface area contributed by atoms with Gasteiger partial charge in [-0.15, -0.1) is 0 Å². The lowest BCUT2D eigenvalue weighted by molar-refractivity contribution is -0.147. The van der Waals surface area contributed by atoms with Crippen LogP contribution in [0.1, 0.15) is 34.3 Å². The molecule has 0 saturated heterocycles. The number of hydrogen-bond acceptors (Lipinski definition) is 4. The first-order chi connectivity index (χ1) is 12.8. The Balaban J connectivity index is 1.78. The Kier molecular flexibility index (Phi) is 7.07. The third-order valence-corrected chi connectivity index (χ3v) is 4.19. The van der Waals surface area contributed by atoms with E-state index in [1.54, 1.807) is 12.1 Å². The molecule has 0 atom stereocenters. The topological polar surface area (TPSA) is 72.5 Å². The molecule has 1 N–H and O–H groups in total. The molecule has 142 valence electrons. The number of carbonyl (C=O) groups is 3. The van der Waals surface area contributed by atoms with Gasteiger partial charge in [-0.1, -0.05) is 23.7 Å². The largest absolute Gasteiger partial charge is 0.456 e. The molecular weight excluding hydrogens is 373 g/mol. The number of hydrogen-bond donors (Lipinski definition) is 1. The number of esters is 1. The summed E-state index contributed by atoms with van der Waals surface area (Å²) in [5, 5.41) is 2.52. The van der Waals surface area contributed by atoms with Crippen LogP contribution < -0.4 is 5.32 Å². The average Bonchev–Trinajstić information content (AvgIpc) is 2.63. The maximum Gasteiger partial charge on any atom is 0.306 e. The molecule has 0 aliphatic heterocycles. The summed E-state index contributed by atoms with van der Waals surface area (Å²) >= 11 is 5.73. The van der Waals surface area contributed by atoms with E-state index in [0.717, 1.165) is 17.2 Å². The zero-order valence-corrected chi connectivity index (χ0v) is 15.7. The first-order valence-corrected chi connectivity index (χ1v) is 8.65. The highest BCUT2D eigenvalue weighted by atomic mass is 35.5. The number of benzene rings is 2. The summed E-state index contributed by atoms with van der Waals surface area (Å²) in [5.74, 6) is -2.22.